The van der Waals surface area contributed by atoms with Crippen LogP contribution in [0, 0.1) is 0 Å². The Kier molecular flexibility index (Phi) is 12.2. The number of benzene rings is 2. The van der Waals surface area contributed by atoms with Crippen molar-refractivity contribution in [1.29, 1.82) is 0 Å². The van der Waals surface area contributed by atoms with Gasteiger partial charge in [0, 0.05) is 31.0 Å². The van der Waals surface area contributed by atoms with E-state index >= 15 is 0 Å². The molecular weight excluding hydrogens is 586 g/mol. The van der Waals surface area contributed by atoms with Crippen LogP contribution in [-0.2, 0) is 27.9 Å². The number of ether oxygens (including phenoxy) is 2. The second-order valence-electron chi connectivity index (χ2n) is 10.6. The standard InChI is InChI=1S/C34H41N7O5/c1-5-10-27(6-2)46-34(44)39-37-22-24-12-15-26(16-13-24)36-23-31-38-28-21-25(14-17-29(28)40(31)4)33(43)41(20-18-32(42)45-7-3)30-11-8-9-19-35-30/h8-9,11-17,19,21-22,27,36H,5-7,10,18,20,23H2,1-4H3,(H,39,44)/b37-22+. The number of fused-ring (bicyclic) bond motifs is 1. The number of hydrogen-bond acceptors (Lipinski definition) is 9. The lowest BCUT2D eigenvalue weighted by atomic mass is 10.1. The quantitative estimate of drug-likeness (QED) is 0.0955. The minimum absolute atomic E-state index is 0.0512. The Hall–Kier alpha value is -5.26. The molecule has 0 bridgehead atoms. The highest BCUT2D eigenvalue weighted by Gasteiger charge is 2.21. The van der Waals surface area contributed by atoms with Crippen molar-refractivity contribution in [1.82, 2.24) is 20.0 Å². The summed E-state index contributed by atoms with van der Waals surface area (Å²) in [4.78, 5) is 48.2. The Labute approximate surface area is 268 Å². The van der Waals surface area contributed by atoms with Crippen LogP contribution >= 0.6 is 0 Å². The number of rotatable bonds is 15. The summed E-state index contributed by atoms with van der Waals surface area (Å²) < 4.78 is 12.4. The first-order valence-corrected chi connectivity index (χ1v) is 15.5. The van der Waals surface area contributed by atoms with E-state index < -0.39 is 6.09 Å². The third-order valence-electron chi connectivity index (χ3n) is 7.31. The lowest BCUT2D eigenvalue weighted by molar-refractivity contribution is -0.142. The van der Waals surface area contributed by atoms with E-state index in [9.17, 15) is 14.4 Å². The summed E-state index contributed by atoms with van der Waals surface area (Å²) in [6, 6.07) is 18.3. The van der Waals surface area contributed by atoms with Gasteiger partial charge in [0.15, 0.2) is 0 Å². The van der Waals surface area contributed by atoms with Gasteiger partial charge in [-0.2, -0.15) is 5.10 Å². The summed E-state index contributed by atoms with van der Waals surface area (Å²) in [6.45, 7) is 6.64. The number of amides is 2. The SMILES string of the molecule is CCCC(CC)OC(=O)N/N=C/c1ccc(NCc2nc3cc(C(=O)N(CCC(=O)OCC)c4ccccn4)ccc3n2C)cc1. The number of nitrogens with one attached hydrogen (secondary N) is 2. The molecule has 2 aromatic carbocycles. The van der Waals surface area contributed by atoms with Crippen molar-refractivity contribution < 1.29 is 23.9 Å². The number of aryl methyl sites for hydroxylation is 1. The summed E-state index contributed by atoms with van der Waals surface area (Å²) in [5.74, 6) is 0.572. The van der Waals surface area contributed by atoms with E-state index in [1.165, 1.54) is 4.90 Å². The molecule has 0 fully saturated rings. The van der Waals surface area contributed by atoms with Crippen LogP contribution in [-0.4, -0.2) is 58.0 Å². The molecule has 1 unspecified atom stereocenters. The Balaban J connectivity index is 1.39. The van der Waals surface area contributed by atoms with Crippen LogP contribution in [0.25, 0.3) is 11.0 Å². The van der Waals surface area contributed by atoms with Gasteiger partial charge in [-0.1, -0.05) is 38.5 Å². The van der Waals surface area contributed by atoms with Gasteiger partial charge >= 0.3 is 12.1 Å². The zero-order valence-corrected chi connectivity index (χ0v) is 26.7. The molecule has 2 amide bonds. The molecule has 0 radical (unpaired) electrons. The van der Waals surface area contributed by atoms with Gasteiger partial charge in [-0.3, -0.25) is 14.5 Å². The topological polar surface area (TPSA) is 140 Å². The number of anilines is 2. The van der Waals surface area contributed by atoms with Crippen LogP contribution in [0.2, 0.25) is 0 Å². The van der Waals surface area contributed by atoms with Crippen LogP contribution in [0.15, 0.2) is 72.0 Å². The van der Waals surface area contributed by atoms with Crippen molar-refractivity contribution in [2.75, 3.05) is 23.4 Å². The van der Waals surface area contributed by atoms with E-state index in [4.69, 9.17) is 14.5 Å². The summed E-state index contributed by atoms with van der Waals surface area (Å²) in [5, 5.41) is 7.36. The highest BCUT2D eigenvalue weighted by atomic mass is 16.6. The van der Waals surface area contributed by atoms with Crippen LogP contribution in [0.4, 0.5) is 16.3 Å². The predicted octanol–water partition coefficient (Wildman–Crippen LogP) is 5.82. The monoisotopic (exact) mass is 627 g/mol. The molecule has 0 spiro atoms. The molecule has 0 aliphatic rings. The molecule has 0 aliphatic carbocycles. The summed E-state index contributed by atoms with van der Waals surface area (Å²) in [6.07, 6.45) is 5.08. The highest BCUT2D eigenvalue weighted by Crippen LogP contribution is 2.21. The average Bonchev–Trinajstić information content (AvgIpc) is 3.39. The van der Waals surface area contributed by atoms with Crippen molar-refractivity contribution in [2.45, 2.75) is 59.1 Å². The first kappa shape index (κ1) is 33.6. The number of esters is 1. The molecule has 2 aromatic heterocycles. The number of aromatic nitrogens is 3. The number of imidazole rings is 1. The van der Waals surface area contributed by atoms with Crippen molar-refractivity contribution in [2.24, 2.45) is 12.1 Å². The Bertz CT molecular complexity index is 1640. The summed E-state index contributed by atoms with van der Waals surface area (Å²) in [5.41, 5.74) is 6.09. The van der Waals surface area contributed by atoms with Crippen LogP contribution < -0.4 is 15.6 Å². The predicted molar refractivity (Wildman–Crippen MR) is 178 cm³/mol. The van der Waals surface area contributed by atoms with Crippen molar-refractivity contribution in [3.05, 3.63) is 83.8 Å². The number of nitrogens with zero attached hydrogens (tertiary/aromatic N) is 5. The van der Waals surface area contributed by atoms with Gasteiger partial charge in [0.25, 0.3) is 5.91 Å². The summed E-state index contributed by atoms with van der Waals surface area (Å²) in [7, 11) is 1.93. The Morgan fingerprint density at radius 2 is 1.87 bits per heavy atom. The second-order valence-corrected chi connectivity index (χ2v) is 10.6. The van der Waals surface area contributed by atoms with Gasteiger partial charge in [0.1, 0.15) is 17.7 Å². The van der Waals surface area contributed by atoms with Crippen molar-refractivity contribution in [3.63, 3.8) is 0 Å². The third-order valence-corrected chi connectivity index (χ3v) is 7.31. The highest BCUT2D eigenvalue weighted by molar-refractivity contribution is 6.07. The maximum Gasteiger partial charge on any atom is 0.428 e. The molecule has 4 rings (SSSR count). The molecule has 0 aliphatic heterocycles. The van der Waals surface area contributed by atoms with E-state index in [1.54, 1.807) is 49.7 Å². The van der Waals surface area contributed by atoms with Crippen LogP contribution in [0.1, 0.15) is 68.2 Å². The van der Waals surface area contributed by atoms with Gasteiger partial charge < -0.3 is 19.4 Å². The Morgan fingerprint density at radius 3 is 2.57 bits per heavy atom. The van der Waals surface area contributed by atoms with Gasteiger partial charge in [-0.25, -0.2) is 20.2 Å². The third kappa shape index (κ3) is 9.13. The molecule has 4 aromatic rings. The molecule has 1 atom stereocenters. The minimum atomic E-state index is -0.562. The van der Waals surface area contributed by atoms with Gasteiger partial charge in [0.05, 0.1) is 36.8 Å². The molecule has 2 heterocycles. The molecule has 242 valence electrons. The molecule has 0 saturated carbocycles. The molecule has 12 nitrogen and oxygen atoms in total. The molecule has 0 saturated heterocycles. The fourth-order valence-corrected chi connectivity index (χ4v) is 4.84. The smallest absolute Gasteiger partial charge is 0.428 e. The van der Waals surface area contributed by atoms with E-state index in [-0.39, 0.29) is 37.6 Å². The van der Waals surface area contributed by atoms with Gasteiger partial charge in [0.2, 0.25) is 0 Å². The molecule has 46 heavy (non-hydrogen) atoms. The fraction of sp³-hybridized carbons (Fsp3) is 0.353. The Morgan fingerprint density at radius 1 is 1.07 bits per heavy atom. The molecule has 2 N–H and O–H groups in total. The van der Waals surface area contributed by atoms with Gasteiger partial charge in [-0.15, -0.1) is 0 Å². The zero-order valence-electron chi connectivity index (χ0n) is 26.7. The van der Waals surface area contributed by atoms with Crippen molar-refractivity contribution >= 4 is 46.7 Å². The maximum atomic E-state index is 13.6. The number of carbonyl (C=O) groups is 3. The number of pyridine rings is 1. The van der Waals surface area contributed by atoms with Crippen molar-refractivity contribution in [3.8, 4) is 0 Å². The largest absolute Gasteiger partial charge is 0.466 e. The first-order chi connectivity index (χ1) is 22.3. The van der Waals surface area contributed by atoms with Gasteiger partial charge in [-0.05, 0) is 67.8 Å². The normalized spacial score (nSPS) is 11.7. The first-order valence-electron chi connectivity index (χ1n) is 15.5. The number of carbonyl (C=O) groups excluding carboxylic acids is 3. The minimum Gasteiger partial charge on any atom is -0.466 e. The summed E-state index contributed by atoms with van der Waals surface area (Å²) >= 11 is 0. The number of hydrogen-bond donors (Lipinski definition) is 2. The van der Waals surface area contributed by atoms with Crippen LogP contribution in [0.5, 0.6) is 0 Å². The van der Waals surface area contributed by atoms with Crippen LogP contribution in [0.3, 0.4) is 0 Å². The van der Waals surface area contributed by atoms with E-state index in [2.05, 4.69) is 27.8 Å². The van der Waals surface area contributed by atoms with E-state index in [0.717, 1.165) is 41.9 Å². The molecular formula is C34H41N7O5. The average molecular weight is 628 g/mol. The van der Waals surface area contributed by atoms with E-state index in [1.807, 2.05) is 48.9 Å². The second kappa shape index (κ2) is 16.7. The zero-order chi connectivity index (χ0) is 32.9. The number of hydrazone groups is 1. The molecule has 12 heteroatoms. The lowest BCUT2D eigenvalue weighted by Crippen LogP contribution is -2.34. The maximum absolute atomic E-state index is 13.6. The fourth-order valence-electron chi connectivity index (χ4n) is 4.84. The lowest BCUT2D eigenvalue weighted by Gasteiger charge is -2.21. The van der Waals surface area contributed by atoms with E-state index in [0.29, 0.717) is 23.4 Å².